The van der Waals surface area contributed by atoms with Crippen LogP contribution in [-0.2, 0) is 13.0 Å². The van der Waals surface area contributed by atoms with E-state index in [0.29, 0.717) is 36.0 Å². The number of nitrogens with one attached hydrogen (secondary N) is 2. The number of carbonyl (C=O) groups excluding carboxylic acids is 1. The molecule has 150 valence electrons. The highest BCUT2D eigenvalue weighted by molar-refractivity contribution is 5.94. The smallest absolute Gasteiger partial charge is 0.252 e. The van der Waals surface area contributed by atoms with Crippen molar-refractivity contribution in [1.82, 2.24) is 10.3 Å². The maximum atomic E-state index is 12.3. The van der Waals surface area contributed by atoms with Gasteiger partial charge in [0.2, 0.25) is 0 Å². The van der Waals surface area contributed by atoms with E-state index in [1.807, 2.05) is 48.5 Å². The summed E-state index contributed by atoms with van der Waals surface area (Å²) in [4.78, 5) is 16.6. The Hall–Kier alpha value is -3.54. The SMILES string of the molecule is COc1ccc(CNc2ccc(C(=O)NCCc3ccccc3)cn2)cc1OC. The molecule has 29 heavy (non-hydrogen) atoms. The Bertz CT molecular complexity index is 928. The van der Waals surface area contributed by atoms with Gasteiger partial charge in [-0.3, -0.25) is 4.79 Å². The summed E-state index contributed by atoms with van der Waals surface area (Å²) in [5.41, 5.74) is 2.77. The van der Waals surface area contributed by atoms with Crippen molar-refractivity contribution in [1.29, 1.82) is 0 Å². The van der Waals surface area contributed by atoms with Gasteiger partial charge >= 0.3 is 0 Å². The summed E-state index contributed by atoms with van der Waals surface area (Å²) in [6, 6.07) is 19.4. The first-order valence-corrected chi connectivity index (χ1v) is 9.42. The molecule has 6 heteroatoms. The van der Waals surface area contributed by atoms with Crippen LogP contribution in [0.15, 0.2) is 66.9 Å². The number of methoxy groups -OCH3 is 2. The van der Waals surface area contributed by atoms with Crippen molar-refractivity contribution in [3.63, 3.8) is 0 Å². The van der Waals surface area contributed by atoms with Crippen LogP contribution in [-0.4, -0.2) is 31.7 Å². The molecule has 0 saturated heterocycles. The third kappa shape index (κ3) is 5.72. The van der Waals surface area contributed by atoms with Crippen molar-refractivity contribution in [2.75, 3.05) is 26.1 Å². The monoisotopic (exact) mass is 391 g/mol. The summed E-state index contributed by atoms with van der Waals surface area (Å²) < 4.78 is 10.6. The quantitative estimate of drug-likeness (QED) is 0.582. The highest BCUT2D eigenvalue weighted by atomic mass is 16.5. The van der Waals surface area contributed by atoms with E-state index in [-0.39, 0.29) is 5.91 Å². The molecule has 0 atom stereocenters. The van der Waals surface area contributed by atoms with E-state index in [1.165, 1.54) is 5.56 Å². The van der Waals surface area contributed by atoms with Crippen LogP contribution in [0.4, 0.5) is 5.82 Å². The number of carbonyl (C=O) groups is 1. The Labute approximate surface area is 170 Å². The fourth-order valence-electron chi connectivity index (χ4n) is 2.88. The van der Waals surface area contributed by atoms with Gasteiger partial charge in [-0.15, -0.1) is 0 Å². The third-order valence-electron chi connectivity index (χ3n) is 4.49. The molecule has 3 rings (SSSR count). The van der Waals surface area contributed by atoms with Crippen LogP contribution < -0.4 is 20.1 Å². The molecule has 0 radical (unpaired) electrons. The number of pyridine rings is 1. The van der Waals surface area contributed by atoms with E-state index in [4.69, 9.17) is 9.47 Å². The minimum absolute atomic E-state index is 0.125. The highest BCUT2D eigenvalue weighted by Gasteiger charge is 2.07. The summed E-state index contributed by atoms with van der Waals surface area (Å²) in [7, 11) is 3.22. The second kappa shape index (κ2) is 10.1. The fraction of sp³-hybridized carbons (Fsp3) is 0.217. The predicted octanol–water partition coefficient (Wildman–Crippen LogP) is 3.68. The van der Waals surface area contributed by atoms with Crippen molar-refractivity contribution >= 4 is 11.7 Å². The largest absolute Gasteiger partial charge is 0.493 e. The number of aromatic nitrogens is 1. The number of amides is 1. The van der Waals surface area contributed by atoms with Gasteiger partial charge in [0.15, 0.2) is 11.5 Å². The van der Waals surface area contributed by atoms with Gasteiger partial charge in [0.05, 0.1) is 19.8 Å². The average Bonchev–Trinajstić information content (AvgIpc) is 2.78. The second-order valence-corrected chi connectivity index (χ2v) is 6.47. The first-order valence-electron chi connectivity index (χ1n) is 9.42. The van der Waals surface area contributed by atoms with Crippen molar-refractivity contribution in [2.24, 2.45) is 0 Å². The van der Waals surface area contributed by atoms with Crippen molar-refractivity contribution in [3.8, 4) is 11.5 Å². The van der Waals surface area contributed by atoms with Crippen LogP contribution in [0.1, 0.15) is 21.5 Å². The number of ether oxygens (including phenoxy) is 2. The van der Waals surface area contributed by atoms with Gasteiger partial charge in [-0.05, 0) is 41.8 Å². The van der Waals surface area contributed by atoms with Gasteiger partial charge in [-0.2, -0.15) is 0 Å². The molecule has 1 heterocycles. The molecule has 1 aromatic heterocycles. The molecule has 0 aliphatic carbocycles. The summed E-state index contributed by atoms with van der Waals surface area (Å²) in [6.07, 6.45) is 2.37. The van der Waals surface area contributed by atoms with Crippen LogP contribution in [0, 0.1) is 0 Å². The Morgan fingerprint density at radius 1 is 0.931 bits per heavy atom. The van der Waals surface area contributed by atoms with Crippen LogP contribution in [0.5, 0.6) is 11.5 Å². The van der Waals surface area contributed by atoms with Gasteiger partial charge in [-0.1, -0.05) is 36.4 Å². The summed E-state index contributed by atoms with van der Waals surface area (Å²) >= 11 is 0. The molecule has 0 fully saturated rings. The Morgan fingerprint density at radius 3 is 2.41 bits per heavy atom. The van der Waals surface area contributed by atoms with Crippen molar-refractivity contribution < 1.29 is 14.3 Å². The molecular formula is C23H25N3O3. The lowest BCUT2D eigenvalue weighted by Gasteiger charge is -2.11. The van der Waals surface area contributed by atoms with Gasteiger partial charge in [-0.25, -0.2) is 4.98 Å². The lowest BCUT2D eigenvalue weighted by atomic mass is 10.1. The first kappa shape index (κ1) is 20.2. The van der Waals surface area contributed by atoms with E-state index < -0.39 is 0 Å². The molecule has 3 aromatic rings. The first-order chi connectivity index (χ1) is 14.2. The molecule has 0 bridgehead atoms. The van der Waals surface area contributed by atoms with Crippen LogP contribution in [0.2, 0.25) is 0 Å². The number of anilines is 1. The lowest BCUT2D eigenvalue weighted by Crippen LogP contribution is -2.25. The number of rotatable bonds is 9. The van der Waals surface area contributed by atoms with Crippen LogP contribution >= 0.6 is 0 Å². The normalized spacial score (nSPS) is 10.3. The molecule has 6 nitrogen and oxygen atoms in total. The molecular weight excluding hydrogens is 366 g/mol. The number of benzene rings is 2. The van der Waals surface area contributed by atoms with E-state index >= 15 is 0 Å². The average molecular weight is 391 g/mol. The molecule has 0 aliphatic heterocycles. The van der Waals surface area contributed by atoms with E-state index in [0.717, 1.165) is 12.0 Å². The van der Waals surface area contributed by atoms with E-state index in [1.54, 1.807) is 32.5 Å². The number of hydrogen-bond acceptors (Lipinski definition) is 5. The van der Waals surface area contributed by atoms with Gasteiger partial charge < -0.3 is 20.1 Å². The molecule has 0 spiro atoms. The highest BCUT2D eigenvalue weighted by Crippen LogP contribution is 2.27. The summed E-state index contributed by atoms with van der Waals surface area (Å²) in [5, 5.41) is 6.16. The predicted molar refractivity (Wildman–Crippen MR) is 114 cm³/mol. The summed E-state index contributed by atoms with van der Waals surface area (Å²) in [5.74, 6) is 1.94. The minimum Gasteiger partial charge on any atom is -0.493 e. The van der Waals surface area contributed by atoms with E-state index in [9.17, 15) is 4.79 Å². The second-order valence-electron chi connectivity index (χ2n) is 6.47. The molecule has 0 saturated carbocycles. The third-order valence-corrected chi connectivity index (χ3v) is 4.49. The Kier molecular flexibility index (Phi) is 7.05. The zero-order chi connectivity index (χ0) is 20.5. The van der Waals surface area contributed by atoms with Gasteiger partial charge in [0, 0.05) is 19.3 Å². The molecule has 0 aliphatic rings. The van der Waals surface area contributed by atoms with Gasteiger partial charge in [0.1, 0.15) is 5.82 Å². The maximum absolute atomic E-state index is 12.3. The number of nitrogens with zero attached hydrogens (tertiary/aromatic N) is 1. The maximum Gasteiger partial charge on any atom is 0.252 e. The minimum atomic E-state index is -0.125. The topological polar surface area (TPSA) is 72.5 Å². The number of hydrogen-bond donors (Lipinski definition) is 2. The van der Waals surface area contributed by atoms with Crippen molar-refractivity contribution in [2.45, 2.75) is 13.0 Å². The molecule has 2 aromatic carbocycles. The zero-order valence-corrected chi connectivity index (χ0v) is 16.6. The standard InChI is InChI=1S/C23H25N3O3/c1-28-20-10-8-18(14-21(20)29-2)15-25-22-11-9-19(16-26-22)23(27)24-13-12-17-6-4-3-5-7-17/h3-11,14,16H,12-13,15H2,1-2H3,(H,24,27)(H,25,26). The van der Waals surface area contributed by atoms with Gasteiger partial charge in [0.25, 0.3) is 5.91 Å². The fourth-order valence-corrected chi connectivity index (χ4v) is 2.88. The Morgan fingerprint density at radius 2 is 1.72 bits per heavy atom. The van der Waals surface area contributed by atoms with Crippen molar-refractivity contribution in [3.05, 3.63) is 83.6 Å². The lowest BCUT2D eigenvalue weighted by molar-refractivity contribution is 0.0954. The zero-order valence-electron chi connectivity index (χ0n) is 16.6. The molecule has 1 amide bonds. The van der Waals surface area contributed by atoms with E-state index in [2.05, 4.69) is 15.6 Å². The van der Waals surface area contributed by atoms with Crippen LogP contribution in [0.25, 0.3) is 0 Å². The molecule has 0 unspecified atom stereocenters. The Balaban J connectivity index is 1.50. The summed E-state index contributed by atoms with van der Waals surface area (Å²) in [6.45, 7) is 1.16. The molecule has 2 N–H and O–H groups in total. The van der Waals surface area contributed by atoms with Crippen LogP contribution in [0.3, 0.4) is 0 Å².